The predicted molar refractivity (Wildman–Crippen MR) is 126 cm³/mol. The van der Waals surface area contributed by atoms with Gasteiger partial charge in [0.1, 0.15) is 11.6 Å². The molecule has 3 aromatic rings. The van der Waals surface area contributed by atoms with Crippen LogP contribution in [0, 0.1) is 12.8 Å². The van der Waals surface area contributed by atoms with E-state index in [1.807, 2.05) is 24.3 Å². The summed E-state index contributed by atoms with van der Waals surface area (Å²) in [6, 6.07) is 16.4. The van der Waals surface area contributed by atoms with Gasteiger partial charge in [-0.3, -0.25) is 4.79 Å². The molecule has 0 saturated heterocycles. The van der Waals surface area contributed by atoms with Crippen LogP contribution in [0.1, 0.15) is 50.9 Å². The van der Waals surface area contributed by atoms with Crippen LogP contribution in [-0.4, -0.2) is 28.6 Å². The molecule has 0 saturated carbocycles. The van der Waals surface area contributed by atoms with E-state index in [1.54, 1.807) is 0 Å². The molecule has 3 rings (SSSR count). The Kier molecular flexibility index (Phi) is 8.51. The van der Waals surface area contributed by atoms with Crippen LogP contribution in [0.5, 0.6) is 5.75 Å². The standard InChI is InChI=1S/C26H35N3O2/c1-4-21(5-2)26(30)27-17-10-16-25-28-22-13-7-8-14-23(22)29(25)18-11-19-31-24-15-9-6-12-20(24)3/h6-9,12-15,21H,4-5,10-11,16-19H2,1-3H3,(H,27,30). The molecule has 0 spiro atoms. The van der Waals surface area contributed by atoms with Gasteiger partial charge in [-0.25, -0.2) is 4.98 Å². The average molecular weight is 422 g/mol. The molecule has 1 aromatic heterocycles. The maximum atomic E-state index is 12.2. The third-order valence-corrected chi connectivity index (χ3v) is 5.84. The SMILES string of the molecule is CCC(CC)C(=O)NCCCc1nc2ccccc2n1CCCOc1ccccc1C. The van der Waals surface area contributed by atoms with Crippen LogP contribution in [0.4, 0.5) is 0 Å². The number of nitrogens with one attached hydrogen (secondary N) is 1. The van der Waals surface area contributed by atoms with Crippen molar-refractivity contribution in [2.45, 2.75) is 59.4 Å². The molecule has 1 N–H and O–H groups in total. The fourth-order valence-electron chi connectivity index (χ4n) is 3.95. The van der Waals surface area contributed by atoms with Crippen molar-refractivity contribution in [3.05, 3.63) is 59.9 Å². The third kappa shape index (κ3) is 6.09. The number of hydrogen-bond donors (Lipinski definition) is 1. The number of benzene rings is 2. The first-order chi connectivity index (χ1) is 15.1. The predicted octanol–water partition coefficient (Wildman–Crippen LogP) is 5.30. The summed E-state index contributed by atoms with van der Waals surface area (Å²) in [4.78, 5) is 17.1. The molecule has 166 valence electrons. The molecular formula is C26H35N3O2. The van der Waals surface area contributed by atoms with Gasteiger partial charge in [0.25, 0.3) is 0 Å². The lowest BCUT2D eigenvalue weighted by molar-refractivity contribution is -0.125. The van der Waals surface area contributed by atoms with Gasteiger partial charge in [0.05, 0.1) is 17.6 Å². The second kappa shape index (κ2) is 11.5. The lowest BCUT2D eigenvalue weighted by Crippen LogP contribution is -2.31. The number of ether oxygens (including phenoxy) is 1. The Bertz CT molecular complexity index is 976. The number of carbonyl (C=O) groups excluding carboxylic acids is 1. The molecule has 31 heavy (non-hydrogen) atoms. The maximum Gasteiger partial charge on any atom is 0.223 e. The van der Waals surface area contributed by atoms with Crippen LogP contribution in [0.2, 0.25) is 0 Å². The molecule has 0 aliphatic carbocycles. The van der Waals surface area contributed by atoms with Crippen molar-refractivity contribution in [1.82, 2.24) is 14.9 Å². The largest absolute Gasteiger partial charge is 0.493 e. The van der Waals surface area contributed by atoms with Crippen molar-refractivity contribution in [3.8, 4) is 5.75 Å². The van der Waals surface area contributed by atoms with Crippen LogP contribution >= 0.6 is 0 Å². The van der Waals surface area contributed by atoms with Crippen LogP contribution in [0.15, 0.2) is 48.5 Å². The molecule has 5 heteroatoms. The summed E-state index contributed by atoms with van der Waals surface area (Å²) >= 11 is 0. The number of para-hydroxylation sites is 3. The van der Waals surface area contributed by atoms with E-state index in [1.165, 1.54) is 0 Å². The summed E-state index contributed by atoms with van der Waals surface area (Å²) < 4.78 is 8.28. The van der Waals surface area contributed by atoms with Gasteiger partial charge < -0.3 is 14.6 Å². The number of amides is 1. The van der Waals surface area contributed by atoms with Crippen LogP contribution in [-0.2, 0) is 17.8 Å². The Morgan fingerprint density at radius 2 is 1.81 bits per heavy atom. The van der Waals surface area contributed by atoms with Crippen molar-refractivity contribution < 1.29 is 9.53 Å². The van der Waals surface area contributed by atoms with E-state index in [4.69, 9.17) is 9.72 Å². The van der Waals surface area contributed by atoms with Gasteiger partial charge in [0, 0.05) is 25.4 Å². The van der Waals surface area contributed by atoms with Crippen molar-refractivity contribution in [2.24, 2.45) is 5.92 Å². The molecule has 2 aromatic carbocycles. The van der Waals surface area contributed by atoms with E-state index in [0.29, 0.717) is 13.2 Å². The van der Waals surface area contributed by atoms with Crippen molar-refractivity contribution >= 4 is 16.9 Å². The molecule has 0 fully saturated rings. The van der Waals surface area contributed by atoms with E-state index < -0.39 is 0 Å². The normalized spacial score (nSPS) is 11.2. The van der Waals surface area contributed by atoms with Gasteiger partial charge in [0.15, 0.2) is 0 Å². The molecule has 5 nitrogen and oxygen atoms in total. The van der Waals surface area contributed by atoms with Crippen molar-refractivity contribution in [3.63, 3.8) is 0 Å². The van der Waals surface area contributed by atoms with E-state index >= 15 is 0 Å². The van der Waals surface area contributed by atoms with Crippen LogP contribution in [0.3, 0.4) is 0 Å². The zero-order valence-electron chi connectivity index (χ0n) is 19.1. The number of aromatic nitrogens is 2. The topological polar surface area (TPSA) is 56.2 Å². The summed E-state index contributed by atoms with van der Waals surface area (Å²) in [5.74, 6) is 2.32. The second-order valence-corrected chi connectivity index (χ2v) is 8.04. The lowest BCUT2D eigenvalue weighted by atomic mass is 10.0. The molecule has 0 radical (unpaired) electrons. The zero-order valence-corrected chi connectivity index (χ0v) is 19.1. The van der Waals surface area contributed by atoms with Crippen LogP contribution < -0.4 is 10.1 Å². The first-order valence-electron chi connectivity index (χ1n) is 11.5. The van der Waals surface area contributed by atoms with Crippen molar-refractivity contribution in [2.75, 3.05) is 13.2 Å². The first-order valence-corrected chi connectivity index (χ1v) is 11.5. The Balaban J connectivity index is 1.57. The highest BCUT2D eigenvalue weighted by molar-refractivity contribution is 5.78. The van der Waals surface area contributed by atoms with E-state index in [2.05, 4.69) is 54.9 Å². The lowest BCUT2D eigenvalue weighted by Gasteiger charge is -2.13. The van der Waals surface area contributed by atoms with Gasteiger partial charge in [-0.15, -0.1) is 0 Å². The average Bonchev–Trinajstić information content (AvgIpc) is 3.13. The number of imidazole rings is 1. The minimum Gasteiger partial charge on any atom is -0.493 e. The van der Waals surface area contributed by atoms with E-state index in [0.717, 1.165) is 66.8 Å². The van der Waals surface area contributed by atoms with E-state index in [9.17, 15) is 4.79 Å². The smallest absolute Gasteiger partial charge is 0.223 e. The quantitative estimate of drug-likeness (QED) is 0.404. The Morgan fingerprint density at radius 3 is 2.58 bits per heavy atom. The summed E-state index contributed by atoms with van der Waals surface area (Å²) in [6.45, 7) is 8.43. The van der Waals surface area contributed by atoms with Gasteiger partial charge in [-0.05, 0) is 56.4 Å². The fourth-order valence-corrected chi connectivity index (χ4v) is 3.95. The number of fused-ring (bicyclic) bond motifs is 1. The van der Waals surface area contributed by atoms with Gasteiger partial charge in [-0.1, -0.05) is 44.2 Å². The molecule has 0 unspecified atom stereocenters. The molecule has 1 amide bonds. The number of rotatable bonds is 12. The van der Waals surface area contributed by atoms with Gasteiger partial charge in [0.2, 0.25) is 5.91 Å². The maximum absolute atomic E-state index is 12.2. The molecule has 0 aliphatic rings. The van der Waals surface area contributed by atoms with E-state index in [-0.39, 0.29) is 11.8 Å². The monoisotopic (exact) mass is 421 g/mol. The highest BCUT2D eigenvalue weighted by Crippen LogP contribution is 2.19. The summed E-state index contributed by atoms with van der Waals surface area (Å²) in [7, 11) is 0. The minimum atomic E-state index is 0.123. The number of aryl methyl sites for hydroxylation is 3. The Hall–Kier alpha value is -2.82. The number of hydrogen-bond acceptors (Lipinski definition) is 3. The highest BCUT2D eigenvalue weighted by atomic mass is 16.5. The van der Waals surface area contributed by atoms with Crippen LogP contribution in [0.25, 0.3) is 11.0 Å². The summed E-state index contributed by atoms with van der Waals surface area (Å²) in [5.41, 5.74) is 3.35. The van der Waals surface area contributed by atoms with Gasteiger partial charge in [-0.2, -0.15) is 0 Å². The second-order valence-electron chi connectivity index (χ2n) is 8.04. The zero-order chi connectivity index (χ0) is 22.1. The Labute approximate surface area is 185 Å². The van der Waals surface area contributed by atoms with Crippen molar-refractivity contribution in [1.29, 1.82) is 0 Å². The number of carbonyl (C=O) groups is 1. The fraction of sp³-hybridized carbons (Fsp3) is 0.462. The Morgan fingerprint density at radius 1 is 1.06 bits per heavy atom. The molecule has 1 heterocycles. The molecular weight excluding hydrogens is 386 g/mol. The third-order valence-electron chi connectivity index (χ3n) is 5.84. The minimum absolute atomic E-state index is 0.123. The number of nitrogens with zero attached hydrogens (tertiary/aromatic N) is 2. The molecule has 0 aliphatic heterocycles. The highest BCUT2D eigenvalue weighted by Gasteiger charge is 2.14. The molecule has 0 atom stereocenters. The first kappa shape index (κ1) is 22.9. The summed E-state index contributed by atoms with van der Waals surface area (Å²) in [5, 5.41) is 3.09. The summed E-state index contributed by atoms with van der Waals surface area (Å²) in [6.07, 6.45) is 4.42. The molecule has 0 bridgehead atoms. The van der Waals surface area contributed by atoms with Gasteiger partial charge >= 0.3 is 0 Å².